The summed E-state index contributed by atoms with van der Waals surface area (Å²) >= 11 is 0. The number of carbonyl (C=O) groups excluding carboxylic acids is 1. The zero-order chi connectivity index (χ0) is 18.1. The van der Waals surface area contributed by atoms with Crippen molar-refractivity contribution in [2.24, 2.45) is 0 Å². The maximum absolute atomic E-state index is 12.3. The third-order valence-corrected chi connectivity index (χ3v) is 4.68. The summed E-state index contributed by atoms with van der Waals surface area (Å²) in [6.45, 7) is 3.85. The van der Waals surface area contributed by atoms with E-state index in [1.54, 1.807) is 62.4 Å². The fraction of sp³-hybridized carbons (Fsp3) is 0.278. The van der Waals surface area contributed by atoms with Crippen LogP contribution < -0.4 is 4.74 Å². The van der Waals surface area contributed by atoms with Crippen molar-refractivity contribution in [3.8, 4) is 5.75 Å². The second kappa shape index (κ2) is 9.49. The third-order valence-electron chi connectivity index (χ3n) is 3.08. The molecule has 0 saturated carbocycles. The highest BCUT2D eigenvalue weighted by Crippen LogP contribution is 2.49. The Labute approximate surface area is 147 Å². The molecule has 0 atom stereocenters. The molecule has 0 unspecified atom stereocenters. The second-order valence-electron chi connectivity index (χ2n) is 4.96. The van der Waals surface area contributed by atoms with Gasteiger partial charge < -0.3 is 4.74 Å². The number of phosphoric ester groups is 1. The minimum Gasteiger partial charge on any atom is -0.423 e. The van der Waals surface area contributed by atoms with Crippen LogP contribution in [0.1, 0.15) is 29.8 Å². The minimum atomic E-state index is -3.58. The topological polar surface area (TPSA) is 71.1 Å². The first-order valence-electron chi connectivity index (χ1n) is 7.96. The average Bonchev–Trinajstić information content (AvgIpc) is 2.62. The fourth-order valence-electron chi connectivity index (χ4n) is 2.02. The molecule has 0 aliphatic carbocycles. The summed E-state index contributed by atoms with van der Waals surface area (Å²) in [5.41, 5.74) is 1.14. The molecule has 0 heterocycles. The van der Waals surface area contributed by atoms with Gasteiger partial charge in [0, 0.05) is 0 Å². The summed E-state index contributed by atoms with van der Waals surface area (Å²) < 4.78 is 33.1. The van der Waals surface area contributed by atoms with Gasteiger partial charge in [-0.1, -0.05) is 30.3 Å². The SMILES string of the molecule is CCOP(=O)(OCC)OCc1cccc(OC(=O)c2ccccc2)c1. The zero-order valence-electron chi connectivity index (χ0n) is 14.2. The molecule has 0 aromatic heterocycles. The van der Waals surface area contributed by atoms with Crippen molar-refractivity contribution in [2.75, 3.05) is 13.2 Å². The van der Waals surface area contributed by atoms with Gasteiger partial charge >= 0.3 is 13.8 Å². The van der Waals surface area contributed by atoms with E-state index in [-0.39, 0.29) is 19.8 Å². The van der Waals surface area contributed by atoms with Gasteiger partial charge in [-0.25, -0.2) is 9.36 Å². The van der Waals surface area contributed by atoms with Crippen molar-refractivity contribution in [3.05, 3.63) is 65.7 Å². The van der Waals surface area contributed by atoms with Crippen molar-refractivity contribution in [2.45, 2.75) is 20.5 Å². The Morgan fingerprint density at radius 2 is 1.60 bits per heavy atom. The lowest BCUT2D eigenvalue weighted by Crippen LogP contribution is -2.08. The quantitative estimate of drug-likeness (QED) is 0.368. The molecule has 2 rings (SSSR count). The first kappa shape index (κ1) is 19.3. The zero-order valence-corrected chi connectivity index (χ0v) is 15.1. The lowest BCUT2D eigenvalue weighted by molar-refractivity contribution is 0.0733. The van der Waals surface area contributed by atoms with E-state index >= 15 is 0 Å². The molecule has 25 heavy (non-hydrogen) atoms. The van der Waals surface area contributed by atoms with Crippen LogP contribution in [-0.4, -0.2) is 19.2 Å². The van der Waals surface area contributed by atoms with Crippen LogP contribution in [0, 0.1) is 0 Å². The second-order valence-corrected chi connectivity index (χ2v) is 6.63. The first-order valence-corrected chi connectivity index (χ1v) is 9.42. The van der Waals surface area contributed by atoms with E-state index in [0.717, 1.165) is 0 Å². The average molecular weight is 364 g/mol. The standard InChI is InChI=1S/C18H21O6P/c1-3-21-25(20,22-4-2)23-14-15-9-8-12-17(13-15)24-18(19)16-10-6-5-7-11-16/h5-13H,3-4,14H2,1-2H3. The lowest BCUT2D eigenvalue weighted by Gasteiger charge is -2.16. The van der Waals surface area contributed by atoms with Crippen molar-refractivity contribution in [3.63, 3.8) is 0 Å². The van der Waals surface area contributed by atoms with E-state index < -0.39 is 13.8 Å². The van der Waals surface area contributed by atoms with E-state index in [9.17, 15) is 9.36 Å². The van der Waals surface area contributed by atoms with Crippen LogP contribution in [0.15, 0.2) is 54.6 Å². The lowest BCUT2D eigenvalue weighted by atomic mass is 10.2. The number of ether oxygens (including phenoxy) is 1. The van der Waals surface area contributed by atoms with E-state index in [4.69, 9.17) is 18.3 Å². The monoisotopic (exact) mass is 364 g/mol. The van der Waals surface area contributed by atoms with Crippen molar-refractivity contribution >= 4 is 13.8 Å². The maximum atomic E-state index is 12.3. The summed E-state index contributed by atoms with van der Waals surface area (Å²) in [6, 6.07) is 15.5. The molecule has 6 nitrogen and oxygen atoms in total. The van der Waals surface area contributed by atoms with Gasteiger partial charge in [0.2, 0.25) is 0 Å². The smallest absolute Gasteiger partial charge is 0.423 e. The van der Waals surface area contributed by atoms with Gasteiger partial charge in [-0.3, -0.25) is 13.6 Å². The van der Waals surface area contributed by atoms with Crippen molar-refractivity contribution < 1.29 is 27.7 Å². The number of rotatable bonds is 9. The molecule has 0 N–H and O–H groups in total. The Morgan fingerprint density at radius 3 is 2.24 bits per heavy atom. The van der Waals surface area contributed by atoms with Crippen LogP contribution in [0.2, 0.25) is 0 Å². The predicted octanol–water partition coefficient (Wildman–Crippen LogP) is 4.60. The number of carbonyl (C=O) groups is 1. The largest absolute Gasteiger partial charge is 0.475 e. The van der Waals surface area contributed by atoms with Gasteiger partial charge in [0.05, 0.1) is 25.4 Å². The molecule has 0 fully saturated rings. The third kappa shape index (κ3) is 6.11. The molecule has 0 aliphatic rings. The van der Waals surface area contributed by atoms with Crippen molar-refractivity contribution in [1.29, 1.82) is 0 Å². The first-order chi connectivity index (χ1) is 12.1. The fourth-order valence-corrected chi connectivity index (χ4v) is 3.18. The van der Waals surface area contributed by atoms with E-state index in [1.165, 1.54) is 0 Å². The molecule has 2 aromatic carbocycles. The minimum absolute atomic E-state index is 0.00794. The van der Waals surface area contributed by atoms with Crippen LogP contribution in [0.3, 0.4) is 0 Å². The predicted molar refractivity (Wildman–Crippen MR) is 93.5 cm³/mol. The van der Waals surface area contributed by atoms with Crippen LogP contribution >= 0.6 is 7.82 Å². The van der Waals surface area contributed by atoms with Gasteiger partial charge in [-0.2, -0.15) is 0 Å². The number of hydrogen-bond acceptors (Lipinski definition) is 6. The molecule has 0 amide bonds. The Bertz CT molecular complexity index is 721. The Kier molecular flexibility index (Phi) is 7.34. The summed E-state index contributed by atoms with van der Waals surface area (Å²) in [5.74, 6) is -0.0782. The van der Waals surface area contributed by atoms with Gasteiger partial charge in [0.15, 0.2) is 0 Å². The number of phosphoric acid groups is 1. The molecule has 0 radical (unpaired) electrons. The van der Waals surface area contributed by atoms with Gasteiger partial charge in [0.1, 0.15) is 5.75 Å². The number of esters is 1. The normalized spacial score (nSPS) is 11.3. The summed E-state index contributed by atoms with van der Waals surface area (Å²) in [5, 5.41) is 0. The highest BCUT2D eigenvalue weighted by Gasteiger charge is 2.25. The van der Waals surface area contributed by atoms with Gasteiger partial charge in [0.25, 0.3) is 0 Å². The molecule has 0 bridgehead atoms. The molecule has 2 aromatic rings. The molecular formula is C18H21O6P. The molecule has 7 heteroatoms. The summed E-state index contributed by atoms with van der Waals surface area (Å²) in [7, 11) is -3.58. The number of benzene rings is 2. The Morgan fingerprint density at radius 1 is 0.920 bits per heavy atom. The molecule has 0 saturated heterocycles. The van der Waals surface area contributed by atoms with Crippen molar-refractivity contribution in [1.82, 2.24) is 0 Å². The summed E-state index contributed by atoms with van der Waals surface area (Å²) in [6.07, 6.45) is 0. The van der Waals surface area contributed by atoms with Crippen LogP contribution in [-0.2, 0) is 24.7 Å². The van der Waals surface area contributed by atoms with Gasteiger partial charge in [-0.15, -0.1) is 0 Å². The van der Waals surface area contributed by atoms with E-state index in [2.05, 4.69) is 0 Å². The van der Waals surface area contributed by atoms with Crippen LogP contribution in [0.4, 0.5) is 0 Å². The molecule has 134 valence electrons. The molecular weight excluding hydrogens is 343 g/mol. The maximum Gasteiger partial charge on any atom is 0.475 e. The highest BCUT2D eigenvalue weighted by atomic mass is 31.2. The van der Waals surface area contributed by atoms with E-state index in [0.29, 0.717) is 16.9 Å². The summed E-state index contributed by atoms with van der Waals surface area (Å²) in [4.78, 5) is 12.1. The highest BCUT2D eigenvalue weighted by molar-refractivity contribution is 7.48. The Balaban J connectivity index is 2.01. The Hall–Kier alpha value is -1.98. The number of hydrogen-bond donors (Lipinski definition) is 0. The molecule has 0 aliphatic heterocycles. The van der Waals surface area contributed by atoms with Crippen LogP contribution in [0.5, 0.6) is 5.75 Å². The van der Waals surface area contributed by atoms with Crippen LogP contribution in [0.25, 0.3) is 0 Å². The molecule has 0 spiro atoms. The van der Waals surface area contributed by atoms with Gasteiger partial charge in [-0.05, 0) is 43.7 Å². The van der Waals surface area contributed by atoms with E-state index in [1.807, 2.05) is 6.07 Å².